The second-order valence-electron chi connectivity index (χ2n) is 6.82. The summed E-state index contributed by atoms with van der Waals surface area (Å²) in [7, 11) is 0. The van der Waals surface area contributed by atoms with E-state index in [1.54, 1.807) is 11.3 Å². The topological polar surface area (TPSA) is 51.9 Å². The molecular formula is C19H24N4OS. The lowest BCUT2D eigenvalue weighted by molar-refractivity contribution is 0.101. The molecule has 1 amide bonds. The van der Waals surface area contributed by atoms with E-state index in [9.17, 15) is 4.79 Å². The van der Waals surface area contributed by atoms with Gasteiger partial charge in [0.2, 0.25) is 0 Å². The highest BCUT2D eigenvalue weighted by Crippen LogP contribution is 2.36. The molecule has 3 aromatic heterocycles. The first-order chi connectivity index (χ1) is 12.1. The minimum absolute atomic E-state index is 0.0304. The smallest absolute Gasteiger partial charge is 0.272 e. The zero-order chi connectivity index (χ0) is 17.6. The molecule has 3 aromatic rings. The van der Waals surface area contributed by atoms with Gasteiger partial charge in [-0.3, -0.25) is 9.48 Å². The molecule has 4 rings (SSSR count). The number of carbonyl (C=O) groups excluding carboxylic acids is 1. The Bertz CT molecular complexity index is 927. The third kappa shape index (κ3) is 2.68. The van der Waals surface area contributed by atoms with Gasteiger partial charge in [0, 0.05) is 12.6 Å². The first-order valence-electron chi connectivity index (χ1n) is 9.04. The van der Waals surface area contributed by atoms with Gasteiger partial charge in [0.25, 0.3) is 5.91 Å². The fourth-order valence-corrected chi connectivity index (χ4v) is 4.85. The minimum atomic E-state index is -0.0304. The Kier molecular flexibility index (Phi) is 4.15. The van der Waals surface area contributed by atoms with Crippen molar-refractivity contribution in [3.8, 4) is 0 Å². The third-order valence-electron chi connectivity index (χ3n) is 5.30. The number of carbonyl (C=O) groups is 1. The Hall–Kier alpha value is -2.08. The summed E-state index contributed by atoms with van der Waals surface area (Å²) in [6, 6.07) is 4.62. The van der Waals surface area contributed by atoms with Crippen LogP contribution in [0.3, 0.4) is 0 Å². The molecule has 0 aliphatic heterocycles. The predicted molar refractivity (Wildman–Crippen MR) is 103 cm³/mol. The monoisotopic (exact) mass is 356 g/mol. The number of anilines is 1. The molecule has 0 aromatic carbocycles. The molecule has 0 saturated heterocycles. The van der Waals surface area contributed by atoms with Crippen molar-refractivity contribution in [2.75, 3.05) is 5.32 Å². The summed E-state index contributed by atoms with van der Waals surface area (Å²) in [5.41, 5.74) is 4.69. The van der Waals surface area contributed by atoms with Gasteiger partial charge in [-0.25, -0.2) is 0 Å². The highest BCUT2D eigenvalue weighted by Gasteiger charge is 2.26. The second-order valence-corrected chi connectivity index (χ2v) is 7.77. The maximum absolute atomic E-state index is 13.1. The zero-order valence-corrected chi connectivity index (χ0v) is 15.8. The number of nitrogens with zero attached hydrogens (tertiary/aromatic N) is 3. The van der Waals surface area contributed by atoms with Gasteiger partial charge in [-0.2, -0.15) is 5.10 Å². The number of aromatic nitrogens is 3. The van der Waals surface area contributed by atoms with E-state index >= 15 is 0 Å². The second kappa shape index (κ2) is 6.33. The highest BCUT2D eigenvalue weighted by molar-refractivity contribution is 7.17. The summed E-state index contributed by atoms with van der Waals surface area (Å²) in [5.74, 6) is -0.0304. The molecule has 0 radical (unpaired) electrons. The molecule has 0 bridgehead atoms. The van der Waals surface area contributed by atoms with E-state index in [1.165, 1.54) is 23.1 Å². The van der Waals surface area contributed by atoms with Gasteiger partial charge >= 0.3 is 0 Å². The van der Waals surface area contributed by atoms with E-state index < -0.39 is 0 Å². The van der Waals surface area contributed by atoms with Crippen LogP contribution in [-0.4, -0.2) is 20.3 Å². The molecule has 25 heavy (non-hydrogen) atoms. The SMILES string of the molecule is CCn1nc(C)c(NC(=O)c2cc3sccc3n2C2CCCC2)c1C. The molecular weight excluding hydrogens is 332 g/mol. The Morgan fingerprint density at radius 2 is 2.12 bits per heavy atom. The molecule has 0 atom stereocenters. The first kappa shape index (κ1) is 16.4. The number of hydrogen-bond donors (Lipinski definition) is 1. The summed E-state index contributed by atoms with van der Waals surface area (Å²) >= 11 is 1.70. The van der Waals surface area contributed by atoms with Gasteiger partial charge in [-0.05, 0) is 51.1 Å². The van der Waals surface area contributed by atoms with Crippen molar-refractivity contribution in [1.82, 2.24) is 14.3 Å². The molecule has 0 spiro atoms. The summed E-state index contributed by atoms with van der Waals surface area (Å²) in [4.78, 5) is 13.1. The lowest BCUT2D eigenvalue weighted by Gasteiger charge is -2.17. The Labute approximate surface area is 151 Å². The van der Waals surface area contributed by atoms with Gasteiger partial charge < -0.3 is 9.88 Å². The molecule has 1 fully saturated rings. The van der Waals surface area contributed by atoms with Crippen molar-refractivity contribution in [1.29, 1.82) is 0 Å². The normalized spacial score (nSPS) is 15.3. The fraction of sp³-hybridized carbons (Fsp3) is 0.474. The van der Waals surface area contributed by atoms with Crippen molar-refractivity contribution < 1.29 is 4.79 Å². The van der Waals surface area contributed by atoms with E-state index in [4.69, 9.17) is 0 Å². The Morgan fingerprint density at radius 3 is 2.80 bits per heavy atom. The summed E-state index contributed by atoms with van der Waals surface area (Å²) in [6.07, 6.45) is 4.81. The number of fused-ring (bicyclic) bond motifs is 1. The number of nitrogens with one attached hydrogen (secondary N) is 1. The Morgan fingerprint density at radius 1 is 1.36 bits per heavy atom. The molecule has 1 saturated carbocycles. The van der Waals surface area contributed by atoms with E-state index in [0.717, 1.165) is 42.2 Å². The van der Waals surface area contributed by atoms with Crippen molar-refractivity contribution in [2.24, 2.45) is 0 Å². The first-order valence-corrected chi connectivity index (χ1v) is 9.92. The van der Waals surface area contributed by atoms with Crippen LogP contribution in [-0.2, 0) is 6.54 Å². The summed E-state index contributed by atoms with van der Waals surface area (Å²) < 4.78 is 5.39. The van der Waals surface area contributed by atoms with Gasteiger partial charge in [-0.1, -0.05) is 12.8 Å². The number of aryl methyl sites for hydroxylation is 2. The molecule has 3 heterocycles. The Balaban J connectivity index is 1.72. The quantitative estimate of drug-likeness (QED) is 0.722. The average Bonchev–Trinajstić information content (AvgIpc) is 3.34. The number of rotatable bonds is 4. The van der Waals surface area contributed by atoms with Crippen molar-refractivity contribution >= 4 is 33.1 Å². The number of amides is 1. The van der Waals surface area contributed by atoms with Crippen LogP contribution in [0.4, 0.5) is 5.69 Å². The molecule has 1 aliphatic rings. The van der Waals surface area contributed by atoms with Crippen LogP contribution < -0.4 is 5.32 Å². The molecule has 6 heteroatoms. The van der Waals surface area contributed by atoms with Gasteiger partial charge in [-0.15, -0.1) is 11.3 Å². The van der Waals surface area contributed by atoms with E-state index in [-0.39, 0.29) is 5.91 Å². The van der Waals surface area contributed by atoms with Crippen LogP contribution in [0.25, 0.3) is 10.2 Å². The molecule has 132 valence electrons. The third-order valence-corrected chi connectivity index (χ3v) is 6.16. The highest BCUT2D eigenvalue weighted by atomic mass is 32.1. The zero-order valence-electron chi connectivity index (χ0n) is 15.0. The maximum atomic E-state index is 13.1. The number of thiophene rings is 1. The van der Waals surface area contributed by atoms with Crippen LogP contribution >= 0.6 is 11.3 Å². The average molecular weight is 356 g/mol. The molecule has 1 N–H and O–H groups in total. The molecule has 5 nitrogen and oxygen atoms in total. The molecule has 0 unspecified atom stereocenters. The summed E-state index contributed by atoms with van der Waals surface area (Å²) in [5, 5.41) is 9.74. The van der Waals surface area contributed by atoms with E-state index in [1.807, 2.05) is 24.6 Å². The van der Waals surface area contributed by atoms with Gasteiger partial charge in [0.05, 0.1) is 27.3 Å². The lowest BCUT2D eigenvalue weighted by atomic mass is 10.2. The fourth-order valence-electron chi connectivity index (χ4n) is 4.04. The van der Waals surface area contributed by atoms with Crippen LogP contribution in [0.1, 0.15) is 60.5 Å². The van der Waals surface area contributed by atoms with Crippen LogP contribution in [0, 0.1) is 13.8 Å². The minimum Gasteiger partial charge on any atom is -0.333 e. The summed E-state index contributed by atoms with van der Waals surface area (Å²) in [6.45, 7) is 6.82. The van der Waals surface area contributed by atoms with E-state index in [2.05, 4.69) is 33.4 Å². The van der Waals surface area contributed by atoms with Crippen LogP contribution in [0.2, 0.25) is 0 Å². The van der Waals surface area contributed by atoms with Gasteiger partial charge in [0.15, 0.2) is 0 Å². The van der Waals surface area contributed by atoms with Crippen LogP contribution in [0.5, 0.6) is 0 Å². The number of hydrogen-bond acceptors (Lipinski definition) is 3. The van der Waals surface area contributed by atoms with Crippen molar-refractivity contribution in [3.63, 3.8) is 0 Å². The van der Waals surface area contributed by atoms with Crippen LogP contribution in [0.15, 0.2) is 17.5 Å². The molecule has 1 aliphatic carbocycles. The maximum Gasteiger partial charge on any atom is 0.272 e. The standard InChI is InChI=1S/C19H24N4OS/c1-4-22-13(3)18(12(2)21-22)20-19(24)16-11-17-15(9-10-25-17)23(16)14-7-5-6-8-14/h9-11,14H,4-8H2,1-3H3,(H,20,24). The lowest BCUT2D eigenvalue weighted by Crippen LogP contribution is -2.19. The van der Waals surface area contributed by atoms with Crippen molar-refractivity contribution in [3.05, 3.63) is 34.6 Å². The van der Waals surface area contributed by atoms with E-state index in [0.29, 0.717) is 6.04 Å². The predicted octanol–water partition coefficient (Wildman–Crippen LogP) is 4.90. The van der Waals surface area contributed by atoms with Crippen molar-refractivity contribution in [2.45, 2.75) is 59.0 Å². The largest absolute Gasteiger partial charge is 0.333 e. The van der Waals surface area contributed by atoms with Gasteiger partial charge in [0.1, 0.15) is 5.69 Å².